The topological polar surface area (TPSA) is 106 Å². The third-order valence-electron chi connectivity index (χ3n) is 3.87. The fraction of sp³-hybridized carbons (Fsp3) is 0.158. The van der Waals surface area contributed by atoms with Gasteiger partial charge >= 0.3 is 0 Å². The number of aromatic nitrogens is 3. The lowest BCUT2D eigenvalue weighted by Gasteiger charge is -2.14. The standard InChI is InChI=1S/C19H20N6O/c1-11-8-12(2)17(13(3)9-11)23-16-6-7-21-19(25-16)24-15-5-4-14(10-22-15)18(20)26/h4-10H,1-3H3,(H2,20,26)(H2,21,22,23,24,25). The van der Waals surface area contributed by atoms with Gasteiger partial charge in [0.25, 0.3) is 0 Å². The van der Waals surface area contributed by atoms with Crippen molar-refractivity contribution in [2.45, 2.75) is 20.8 Å². The van der Waals surface area contributed by atoms with Gasteiger partial charge in [-0.25, -0.2) is 9.97 Å². The minimum Gasteiger partial charge on any atom is -0.366 e. The molecule has 0 aliphatic rings. The molecule has 0 fully saturated rings. The summed E-state index contributed by atoms with van der Waals surface area (Å²) in [5.41, 5.74) is 10.1. The molecule has 1 aromatic carbocycles. The van der Waals surface area contributed by atoms with Crippen molar-refractivity contribution in [3.05, 3.63) is 65.0 Å². The summed E-state index contributed by atoms with van der Waals surface area (Å²) >= 11 is 0. The van der Waals surface area contributed by atoms with Crippen LogP contribution in [0.4, 0.5) is 23.3 Å². The Balaban J connectivity index is 1.79. The second-order valence-corrected chi connectivity index (χ2v) is 6.09. The maximum Gasteiger partial charge on any atom is 0.250 e. The third kappa shape index (κ3) is 3.94. The second kappa shape index (κ2) is 7.18. The number of hydrogen-bond donors (Lipinski definition) is 3. The van der Waals surface area contributed by atoms with Crippen LogP contribution < -0.4 is 16.4 Å². The molecule has 0 saturated carbocycles. The number of nitrogens with two attached hydrogens (primary N) is 1. The molecule has 26 heavy (non-hydrogen) atoms. The molecule has 0 aliphatic heterocycles. The molecule has 1 amide bonds. The first-order chi connectivity index (χ1) is 12.4. The lowest BCUT2D eigenvalue weighted by atomic mass is 10.1. The van der Waals surface area contributed by atoms with Gasteiger partial charge in [0.05, 0.1) is 5.56 Å². The van der Waals surface area contributed by atoms with Crippen LogP contribution in [0.15, 0.2) is 42.7 Å². The fourth-order valence-corrected chi connectivity index (χ4v) is 2.72. The van der Waals surface area contributed by atoms with E-state index in [9.17, 15) is 4.79 Å². The number of anilines is 4. The predicted octanol–water partition coefficient (Wildman–Crippen LogP) is 3.38. The Morgan fingerprint density at radius 1 is 0.962 bits per heavy atom. The molecule has 7 heteroatoms. The highest BCUT2D eigenvalue weighted by Gasteiger charge is 2.07. The first-order valence-electron chi connectivity index (χ1n) is 8.13. The summed E-state index contributed by atoms with van der Waals surface area (Å²) in [5, 5.41) is 6.35. The van der Waals surface area contributed by atoms with Crippen LogP contribution in [0.5, 0.6) is 0 Å². The molecule has 0 radical (unpaired) electrons. The van der Waals surface area contributed by atoms with Crippen molar-refractivity contribution in [3.63, 3.8) is 0 Å². The van der Waals surface area contributed by atoms with Crippen molar-refractivity contribution in [1.29, 1.82) is 0 Å². The maximum atomic E-state index is 11.1. The summed E-state index contributed by atoms with van der Waals surface area (Å²) in [6.45, 7) is 6.20. The molecule has 2 heterocycles. The van der Waals surface area contributed by atoms with Crippen LogP contribution in [0.3, 0.4) is 0 Å². The lowest BCUT2D eigenvalue weighted by molar-refractivity contribution is 0.1000. The van der Waals surface area contributed by atoms with E-state index >= 15 is 0 Å². The molecule has 3 rings (SSSR count). The smallest absolute Gasteiger partial charge is 0.250 e. The molecule has 132 valence electrons. The Kier molecular flexibility index (Phi) is 4.79. The number of nitrogens with one attached hydrogen (secondary N) is 2. The summed E-state index contributed by atoms with van der Waals surface area (Å²) in [4.78, 5) is 23.9. The van der Waals surface area contributed by atoms with E-state index in [1.807, 2.05) is 0 Å². The summed E-state index contributed by atoms with van der Waals surface area (Å²) in [5.74, 6) is 1.08. The van der Waals surface area contributed by atoms with Crippen LogP contribution in [0, 0.1) is 20.8 Å². The quantitative estimate of drug-likeness (QED) is 0.653. The van der Waals surface area contributed by atoms with Gasteiger partial charge in [0, 0.05) is 18.1 Å². The molecular formula is C19H20N6O. The van der Waals surface area contributed by atoms with Crippen molar-refractivity contribution in [2.24, 2.45) is 5.73 Å². The summed E-state index contributed by atoms with van der Waals surface area (Å²) in [7, 11) is 0. The summed E-state index contributed by atoms with van der Waals surface area (Å²) in [6.07, 6.45) is 3.07. The van der Waals surface area contributed by atoms with E-state index in [4.69, 9.17) is 5.73 Å². The zero-order chi connectivity index (χ0) is 18.7. The fourth-order valence-electron chi connectivity index (χ4n) is 2.72. The maximum absolute atomic E-state index is 11.1. The average Bonchev–Trinajstić information content (AvgIpc) is 2.59. The van der Waals surface area contributed by atoms with Gasteiger partial charge in [0.2, 0.25) is 11.9 Å². The van der Waals surface area contributed by atoms with Gasteiger partial charge in [-0.1, -0.05) is 17.7 Å². The van der Waals surface area contributed by atoms with E-state index in [1.165, 1.54) is 11.8 Å². The van der Waals surface area contributed by atoms with Crippen LogP contribution in [0.1, 0.15) is 27.0 Å². The van der Waals surface area contributed by atoms with Gasteiger partial charge in [-0.2, -0.15) is 4.98 Å². The number of carbonyl (C=O) groups excluding carboxylic acids is 1. The van der Waals surface area contributed by atoms with Crippen molar-refractivity contribution in [1.82, 2.24) is 15.0 Å². The van der Waals surface area contributed by atoms with Crippen molar-refractivity contribution in [3.8, 4) is 0 Å². The molecular weight excluding hydrogens is 328 g/mol. The number of hydrogen-bond acceptors (Lipinski definition) is 6. The molecule has 0 unspecified atom stereocenters. The molecule has 0 atom stereocenters. The number of aryl methyl sites for hydroxylation is 3. The van der Waals surface area contributed by atoms with Crippen molar-refractivity contribution in [2.75, 3.05) is 10.6 Å². The van der Waals surface area contributed by atoms with Gasteiger partial charge in [-0.15, -0.1) is 0 Å². The molecule has 0 spiro atoms. The normalized spacial score (nSPS) is 10.4. The van der Waals surface area contributed by atoms with Gasteiger partial charge < -0.3 is 16.4 Å². The monoisotopic (exact) mass is 348 g/mol. The average molecular weight is 348 g/mol. The van der Waals surface area contributed by atoms with E-state index in [-0.39, 0.29) is 0 Å². The minimum atomic E-state index is -0.518. The van der Waals surface area contributed by atoms with Crippen LogP contribution in [-0.4, -0.2) is 20.9 Å². The Bertz CT molecular complexity index is 929. The van der Waals surface area contributed by atoms with E-state index in [2.05, 4.69) is 58.5 Å². The lowest BCUT2D eigenvalue weighted by Crippen LogP contribution is -2.11. The molecule has 0 aliphatic carbocycles. The van der Waals surface area contributed by atoms with E-state index in [1.54, 1.807) is 24.4 Å². The minimum absolute atomic E-state index is 0.345. The summed E-state index contributed by atoms with van der Waals surface area (Å²) in [6, 6.07) is 9.30. The number of nitrogens with zero attached hydrogens (tertiary/aromatic N) is 3. The molecule has 3 aromatic rings. The Hall–Kier alpha value is -3.48. The zero-order valence-electron chi connectivity index (χ0n) is 14.9. The van der Waals surface area contributed by atoms with Gasteiger partial charge in [0.1, 0.15) is 11.6 Å². The highest BCUT2D eigenvalue weighted by Crippen LogP contribution is 2.25. The number of primary amides is 1. The van der Waals surface area contributed by atoms with Crippen LogP contribution in [-0.2, 0) is 0 Å². The molecule has 4 N–H and O–H groups in total. The van der Waals surface area contributed by atoms with Crippen LogP contribution in [0.25, 0.3) is 0 Å². The Labute approximate surface area is 151 Å². The number of rotatable bonds is 5. The van der Waals surface area contributed by atoms with E-state index in [0.717, 1.165) is 16.8 Å². The third-order valence-corrected chi connectivity index (χ3v) is 3.87. The highest BCUT2D eigenvalue weighted by molar-refractivity contribution is 5.92. The Morgan fingerprint density at radius 2 is 1.69 bits per heavy atom. The molecule has 7 nitrogen and oxygen atoms in total. The van der Waals surface area contributed by atoms with Gasteiger partial charge in [-0.3, -0.25) is 4.79 Å². The van der Waals surface area contributed by atoms with Gasteiger partial charge in [0.15, 0.2) is 0 Å². The number of amides is 1. The SMILES string of the molecule is Cc1cc(C)c(Nc2ccnc(Nc3ccc(C(N)=O)cn3)n2)c(C)c1. The highest BCUT2D eigenvalue weighted by atomic mass is 16.1. The Morgan fingerprint density at radius 3 is 2.31 bits per heavy atom. The van der Waals surface area contributed by atoms with Crippen LogP contribution in [0.2, 0.25) is 0 Å². The molecule has 0 saturated heterocycles. The predicted molar refractivity (Wildman–Crippen MR) is 102 cm³/mol. The first-order valence-corrected chi connectivity index (χ1v) is 8.13. The largest absolute Gasteiger partial charge is 0.366 e. The van der Waals surface area contributed by atoms with Crippen LogP contribution >= 0.6 is 0 Å². The number of pyridine rings is 1. The zero-order valence-corrected chi connectivity index (χ0v) is 14.9. The van der Waals surface area contributed by atoms with Gasteiger partial charge in [-0.05, 0) is 50.1 Å². The van der Waals surface area contributed by atoms with E-state index < -0.39 is 5.91 Å². The first kappa shape index (κ1) is 17.3. The molecule has 2 aromatic heterocycles. The summed E-state index contributed by atoms with van der Waals surface area (Å²) < 4.78 is 0. The second-order valence-electron chi connectivity index (χ2n) is 6.09. The molecule has 0 bridgehead atoms. The number of benzene rings is 1. The van der Waals surface area contributed by atoms with Crippen molar-refractivity contribution >= 4 is 29.2 Å². The van der Waals surface area contributed by atoms with Crippen molar-refractivity contribution < 1.29 is 4.79 Å². The number of carbonyl (C=O) groups is 1. The van der Waals surface area contributed by atoms with E-state index in [0.29, 0.717) is 23.1 Å².